The molecule has 3 heteroatoms. The second-order valence-corrected chi connectivity index (χ2v) is 9.75. The van der Waals surface area contributed by atoms with Gasteiger partial charge in [0.25, 0.3) is 0 Å². The van der Waals surface area contributed by atoms with Crippen molar-refractivity contribution in [1.29, 1.82) is 0 Å². The zero-order chi connectivity index (χ0) is 24.2. The predicted molar refractivity (Wildman–Crippen MR) is 147 cm³/mol. The van der Waals surface area contributed by atoms with Crippen LogP contribution in [0.1, 0.15) is 16.7 Å². The summed E-state index contributed by atoms with van der Waals surface area (Å²) in [4.78, 5) is 2.45. The molecule has 0 saturated carbocycles. The molecule has 0 fully saturated rings. The third kappa shape index (κ3) is 3.16. The molecule has 3 nitrogen and oxygen atoms in total. The van der Waals surface area contributed by atoms with Gasteiger partial charge in [0.2, 0.25) is 5.69 Å². The zero-order valence-corrected chi connectivity index (χ0v) is 20.5. The van der Waals surface area contributed by atoms with Crippen LogP contribution in [-0.2, 0) is 20.1 Å². The van der Waals surface area contributed by atoms with E-state index in [1.165, 1.54) is 27.9 Å². The van der Waals surface area contributed by atoms with Crippen LogP contribution in [0.4, 0.5) is 5.69 Å². The molecule has 0 unspecified atom stereocenters. The smallest absolute Gasteiger partial charge is 0.216 e. The van der Waals surface area contributed by atoms with E-state index >= 15 is 0 Å². The number of fused-ring (bicyclic) bond motifs is 4. The average Bonchev–Trinajstić information content (AvgIpc) is 3.51. The Kier molecular flexibility index (Phi) is 4.71. The summed E-state index contributed by atoms with van der Waals surface area (Å²) >= 11 is 0. The molecule has 0 radical (unpaired) electrons. The number of aromatic nitrogens is 1. The second-order valence-electron chi connectivity index (χ2n) is 9.75. The minimum absolute atomic E-state index is 0.899. The van der Waals surface area contributed by atoms with Crippen molar-refractivity contribution in [2.75, 3.05) is 4.90 Å². The largest absolute Gasteiger partial charge is 0.454 e. The lowest BCUT2D eigenvalue weighted by Gasteiger charge is -2.17. The average molecular weight is 468 g/mol. The zero-order valence-electron chi connectivity index (χ0n) is 20.5. The topological polar surface area (TPSA) is 20.3 Å². The van der Waals surface area contributed by atoms with Gasteiger partial charge < -0.3 is 9.32 Å². The Morgan fingerprint density at radius 1 is 0.694 bits per heavy atom. The van der Waals surface area contributed by atoms with Gasteiger partial charge in [-0.3, -0.25) is 0 Å². The molecule has 0 bridgehead atoms. The fourth-order valence-corrected chi connectivity index (χ4v) is 5.77. The van der Waals surface area contributed by atoms with Crippen molar-refractivity contribution in [2.24, 2.45) is 7.05 Å². The summed E-state index contributed by atoms with van der Waals surface area (Å²) in [6, 6.07) is 34.7. The Labute approximate surface area is 210 Å². The lowest BCUT2D eigenvalue weighted by Crippen LogP contribution is -2.30. The second kappa shape index (κ2) is 8.10. The molecule has 6 aromatic rings. The number of anilines is 1. The number of furan rings is 1. The van der Waals surface area contributed by atoms with Gasteiger partial charge in [-0.05, 0) is 47.4 Å². The van der Waals surface area contributed by atoms with Gasteiger partial charge in [-0.25, -0.2) is 4.57 Å². The summed E-state index contributed by atoms with van der Waals surface area (Å²) < 4.78 is 8.97. The molecular formula is C33H27N2O+. The number of hydrogen-bond donors (Lipinski definition) is 0. The molecule has 36 heavy (non-hydrogen) atoms. The summed E-state index contributed by atoms with van der Waals surface area (Å²) in [5.74, 6) is 0. The van der Waals surface area contributed by atoms with Crippen LogP contribution in [0.3, 0.4) is 0 Å². The van der Waals surface area contributed by atoms with E-state index in [9.17, 15) is 0 Å². The normalized spacial score (nSPS) is 13.0. The molecule has 4 aromatic carbocycles. The number of aryl methyl sites for hydroxylation is 2. The van der Waals surface area contributed by atoms with E-state index in [2.05, 4.69) is 127 Å². The van der Waals surface area contributed by atoms with E-state index in [1.54, 1.807) is 0 Å². The first-order chi connectivity index (χ1) is 17.7. The third-order valence-corrected chi connectivity index (χ3v) is 7.58. The first-order valence-corrected chi connectivity index (χ1v) is 12.5. The molecule has 1 aliphatic rings. The van der Waals surface area contributed by atoms with Gasteiger partial charge in [-0.2, -0.15) is 0 Å². The Hall–Kier alpha value is -4.37. The van der Waals surface area contributed by atoms with Crippen LogP contribution in [-0.4, -0.2) is 0 Å². The lowest BCUT2D eigenvalue weighted by molar-refractivity contribution is -0.660. The minimum atomic E-state index is 0.899. The van der Waals surface area contributed by atoms with Crippen LogP contribution in [0.2, 0.25) is 0 Å². The number of nitrogens with zero attached hydrogens (tertiary/aromatic N) is 2. The predicted octanol–water partition coefficient (Wildman–Crippen LogP) is 7.57. The van der Waals surface area contributed by atoms with Gasteiger partial charge in [0.05, 0.1) is 5.56 Å². The molecule has 7 rings (SSSR count). The molecule has 2 aromatic heterocycles. The van der Waals surface area contributed by atoms with Crippen molar-refractivity contribution >= 4 is 27.6 Å². The maximum absolute atomic E-state index is 6.80. The van der Waals surface area contributed by atoms with Gasteiger partial charge in [-0.1, -0.05) is 66.7 Å². The summed E-state index contributed by atoms with van der Waals surface area (Å²) in [7, 11) is 2.09. The summed E-state index contributed by atoms with van der Waals surface area (Å²) in [6.07, 6.45) is 2.09. The van der Waals surface area contributed by atoms with Crippen LogP contribution < -0.4 is 9.47 Å². The first-order valence-electron chi connectivity index (χ1n) is 12.5. The fourth-order valence-electron chi connectivity index (χ4n) is 5.77. The van der Waals surface area contributed by atoms with Crippen molar-refractivity contribution < 1.29 is 8.98 Å². The third-order valence-electron chi connectivity index (χ3n) is 7.58. The van der Waals surface area contributed by atoms with Crippen molar-refractivity contribution in [1.82, 2.24) is 0 Å². The first kappa shape index (κ1) is 21.0. The highest BCUT2D eigenvalue weighted by Crippen LogP contribution is 2.43. The Morgan fingerprint density at radius 3 is 2.33 bits per heavy atom. The summed E-state index contributed by atoms with van der Waals surface area (Å²) in [5.41, 5.74) is 11.9. The Balaban J connectivity index is 1.43. The van der Waals surface area contributed by atoms with Crippen LogP contribution in [0, 0.1) is 6.92 Å². The van der Waals surface area contributed by atoms with Gasteiger partial charge in [0.15, 0.2) is 6.20 Å². The van der Waals surface area contributed by atoms with Gasteiger partial charge in [0, 0.05) is 47.2 Å². The SMILES string of the molecule is Cc1ccc2c(oc3c(-c4cccc5c4CN(c4ccccc4)C5)cccc32)c1-c1cccc[n+]1C. The Morgan fingerprint density at radius 2 is 1.47 bits per heavy atom. The molecule has 0 aliphatic carbocycles. The molecule has 0 saturated heterocycles. The van der Waals surface area contributed by atoms with Crippen molar-refractivity contribution in [3.05, 3.63) is 120 Å². The molecular weight excluding hydrogens is 440 g/mol. The molecule has 1 aliphatic heterocycles. The molecule has 0 amide bonds. The maximum atomic E-state index is 6.80. The monoisotopic (exact) mass is 467 g/mol. The molecule has 0 N–H and O–H groups in total. The number of benzene rings is 4. The highest BCUT2D eigenvalue weighted by Gasteiger charge is 2.25. The van der Waals surface area contributed by atoms with Gasteiger partial charge >= 0.3 is 0 Å². The fraction of sp³-hybridized carbons (Fsp3) is 0.121. The highest BCUT2D eigenvalue weighted by atomic mass is 16.3. The quantitative estimate of drug-likeness (QED) is 0.250. The van der Waals surface area contributed by atoms with Crippen LogP contribution in [0.15, 0.2) is 108 Å². The number of hydrogen-bond acceptors (Lipinski definition) is 2. The van der Waals surface area contributed by atoms with E-state index < -0.39 is 0 Å². The standard InChI is InChI=1S/C33H27N2O/c1-22-17-18-28-27-15-9-14-26(32(27)36-33(28)31(22)30-16-6-7-19-34(30)2)25-13-8-10-23-20-35(21-29(23)25)24-11-4-3-5-12-24/h3-19H,20-21H2,1-2H3/q+1. The Bertz CT molecular complexity index is 1760. The van der Waals surface area contributed by atoms with E-state index in [-0.39, 0.29) is 0 Å². The van der Waals surface area contributed by atoms with Gasteiger partial charge in [-0.15, -0.1) is 0 Å². The lowest BCUT2D eigenvalue weighted by atomic mass is 9.95. The summed E-state index contributed by atoms with van der Waals surface area (Å²) in [5, 5.41) is 2.33. The van der Waals surface area contributed by atoms with Crippen molar-refractivity contribution in [3.8, 4) is 22.4 Å². The van der Waals surface area contributed by atoms with Crippen molar-refractivity contribution in [2.45, 2.75) is 20.0 Å². The van der Waals surface area contributed by atoms with E-state index in [1.807, 2.05) is 0 Å². The maximum Gasteiger partial charge on any atom is 0.216 e. The van der Waals surface area contributed by atoms with Crippen LogP contribution in [0.25, 0.3) is 44.3 Å². The van der Waals surface area contributed by atoms with Crippen molar-refractivity contribution in [3.63, 3.8) is 0 Å². The molecule has 0 spiro atoms. The number of rotatable bonds is 3. The van der Waals surface area contributed by atoms with Gasteiger partial charge in [0.1, 0.15) is 18.2 Å². The van der Waals surface area contributed by atoms with E-state index in [0.717, 1.165) is 51.8 Å². The number of para-hydroxylation sites is 2. The van der Waals surface area contributed by atoms with E-state index in [4.69, 9.17) is 4.42 Å². The minimum Gasteiger partial charge on any atom is -0.454 e. The van der Waals surface area contributed by atoms with Crippen LogP contribution in [0.5, 0.6) is 0 Å². The van der Waals surface area contributed by atoms with E-state index in [0.29, 0.717) is 0 Å². The molecule has 3 heterocycles. The highest BCUT2D eigenvalue weighted by molar-refractivity contribution is 6.13. The number of pyridine rings is 1. The molecule has 174 valence electrons. The summed E-state index contributed by atoms with van der Waals surface area (Å²) in [6.45, 7) is 3.99. The van der Waals surface area contributed by atoms with Crippen LogP contribution >= 0.6 is 0 Å². The molecule has 0 atom stereocenters.